The van der Waals surface area contributed by atoms with E-state index in [1.54, 1.807) is 12.1 Å². The van der Waals surface area contributed by atoms with Crippen LogP contribution in [-0.2, 0) is 22.7 Å². The van der Waals surface area contributed by atoms with Gasteiger partial charge in [0.2, 0.25) is 11.8 Å². The van der Waals surface area contributed by atoms with Gasteiger partial charge in [-0.05, 0) is 23.6 Å². The Morgan fingerprint density at radius 3 is 2.74 bits per heavy atom. The van der Waals surface area contributed by atoms with E-state index in [0.717, 1.165) is 11.1 Å². The largest absolute Gasteiger partial charge is 0.465 e. The summed E-state index contributed by atoms with van der Waals surface area (Å²) in [5, 5.41) is 12.8. The number of rotatable bonds is 2. The maximum absolute atomic E-state index is 12.0. The van der Waals surface area contributed by atoms with E-state index < -0.39 is 18.0 Å². The van der Waals surface area contributed by atoms with E-state index >= 15 is 0 Å². The summed E-state index contributed by atoms with van der Waals surface area (Å²) in [5.74, 6) is -1.28. The Kier molecular flexibility index (Phi) is 3.83. The molecule has 120 valence electrons. The molecule has 1 fully saturated rings. The molecule has 0 spiro atoms. The van der Waals surface area contributed by atoms with Crippen molar-refractivity contribution in [3.8, 4) is 0 Å². The highest BCUT2D eigenvalue weighted by Crippen LogP contribution is 2.29. The van der Waals surface area contributed by atoms with Gasteiger partial charge in [0.15, 0.2) is 0 Å². The number of nitrogens with one attached hydrogen (secondary N) is 2. The van der Waals surface area contributed by atoms with Gasteiger partial charge >= 0.3 is 6.09 Å². The topological polar surface area (TPSA) is 116 Å². The fraction of sp³-hybridized carbons (Fsp3) is 0.333. The summed E-state index contributed by atoms with van der Waals surface area (Å²) in [5.41, 5.74) is 1.89. The third-order valence-electron chi connectivity index (χ3n) is 4.12. The molecule has 2 aliphatic rings. The van der Waals surface area contributed by atoms with Crippen LogP contribution in [0, 0.1) is 0 Å². The predicted octanol–water partition coefficient (Wildman–Crippen LogP) is 0.215. The quantitative estimate of drug-likeness (QED) is 0.672. The Morgan fingerprint density at radius 2 is 2.04 bits per heavy atom. The monoisotopic (exact) mass is 317 g/mol. The number of benzene rings is 1. The maximum atomic E-state index is 12.0. The minimum atomic E-state index is -1.41. The first-order chi connectivity index (χ1) is 11.0. The zero-order valence-corrected chi connectivity index (χ0v) is 12.2. The summed E-state index contributed by atoms with van der Waals surface area (Å²) >= 11 is 0. The van der Waals surface area contributed by atoms with E-state index in [1.807, 2.05) is 16.3 Å². The van der Waals surface area contributed by atoms with Crippen LogP contribution in [0.15, 0.2) is 18.2 Å². The Bertz CT molecular complexity index is 715. The molecule has 1 aromatic carbocycles. The van der Waals surface area contributed by atoms with Crippen molar-refractivity contribution in [2.45, 2.75) is 32.0 Å². The molecule has 1 atom stereocenters. The second-order valence-electron chi connectivity index (χ2n) is 5.57. The van der Waals surface area contributed by atoms with Gasteiger partial charge in [0, 0.05) is 25.1 Å². The van der Waals surface area contributed by atoms with Crippen molar-refractivity contribution in [3.63, 3.8) is 0 Å². The number of carbonyl (C=O) groups is 4. The van der Waals surface area contributed by atoms with Crippen LogP contribution >= 0.6 is 0 Å². The third kappa shape index (κ3) is 2.93. The van der Waals surface area contributed by atoms with Crippen LogP contribution in [0.25, 0.3) is 0 Å². The molecule has 3 N–H and O–H groups in total. The number of hydrogen-bond acceptors (Lipinski definition) is 5. The maximum Gasteiger partial charge on any atom is 0.411 e. The molecular formula is C15H15N3O5. The average molecular weight is 317 g/mol. The fourth-order valence-electron chi connectivity index (χ4n) is 3.08. The summed E-state index contributed by atoms with van der Waals surface area (Å²) in [6.07, 6.45) is -0.683. The van der Waals surface area contributed by atoms with Gasteiger partial charge < -0.3 is 5.11 Å². The van der Waals surface area contributed by atoms with E-state index in [9.17, 15) is 19.2 Å². The lowest BCUT2D eigenvalue weighted by molar-refractivity contribution is -0.137. The molecule has 0 aromatic heterocycles. The molecule has 0 aliphatic carbocycles. The number of imide groups is 2. The molecular weight excluding hydrogens is 302 g/mol. The normalized spacial score (nSPS) is 20.8. The standard InChI is InChI=1S/C15H15N3O5/c19-12-5-4-11(14(21)16-12)18-6-8-2-1-3-9(10(8)7-18)13(20)17-15(22)23/h1-3,11H,4-7H2,(H,17,20)(H,22,23)(H,16,19,21). The number of amides is 4. The SMILES string of the molecule is O=C(O)NC(=O)c1cccc2c1CN(C1CCC(=O)NC1=O)C2. The molecule has 8 heteroatoms. The van der Waals surface area contributed by atoms with Crippen LogP contribution in [0.3, 0.4) is 0 Å². The molecule has 23 heavy (non-hydrogen) atoms. The molecule has 3 rings (SSSR count). The van der Waals surface area contributed by atoms with Crippen molar-refractivity contribution < 1.29 is 24.3 Å². The summed E-state index contributed by atoms with van der Waals surface area (Å²) < 4.78 is 0. The van der Waals surface area contributed by atoms with Crippen molar-refractivity contribution in [2.75, 3.05) is 0 Å². The van der Waals surface area contributed by atoms with Crippen LogP contribution in [0.2, 0.25) is 0 Å². The van der Waals surface area contributed by atoms with Gasteiger partial charge in [-0.2, -0.15) is 0 Å². The van der Waals surface area contributed by atoms with Gasteiger partial charge in [-0.25, -0.2) is 4.79 Å². The van der Waals surface area contributed by atoms with Crippen molar-refractivity contribution in [1.82, 2.24) is 15.5 Å². The Morgan fingerprint density at radius 1 is 1.26 bits per heavy atom. The van der Waals surface area contributed by atoms with Crippen LogP contribution < -0.4 is 10.6 Å². The number of carbonyl (C=O) groups excluding carboxylic acids is 3. The molecule has 1 saturated heterocycles. The van der Waals surface area contributed by atoms with Gasteiger partial charge in [-0.1, -0.05) is 12.1 Å². The first-order valence-electron chi connectivity index (χ1n) is 7.18. The highest BCUT2D eigenvalue weighted by molar-refractivity contribution is 6.04. The van der Waals surface area contributed by atoms with Gasteiger partial charge in [0.1, 0.15) is 0 Å². The minimum absolute atomic E-state index is 0.274. The van der Waals surface area contributed by atoms with Gasteiger partial charge in [-0.15, -0.1) is 0 Å². The molecule has 8 nitrogen and oxygen atoms in total. The summed E-state index contributed by atoms with van der Waals surface area (Å²) in [6.45, 7) is 0.848. The van der Waals surface area contributed by atoms with Crippen LogP contribution in [-0.4, -0.2) is 39.9 Å². The molecule has 4 amide bonds. The second kappa shape index (κ2) is 5.81. The highest BCUT2D eigenvalue weighted by atomic mass is 16.4. The summed E-state index contributed by atoms with van der Waals surface area (Å²) in [7, 11) is 0. The van der Waals surface area contributed by atoms with Crippen molar-refractivity contribution in [2.24, 2.45) is 0 Å². The minimum Gasteiger partial charge on any atom is -0.465 e. The lowest BCUT2D eigenvalue weighted by atomic mass is 10.0. The lowest BCUT2D eigenvalue weighted by Gasteiger charge is -2.29. The number of fused-ring (bicyclic) bond motifs is 1. The fourth-order valence-corrected chi connectivity index (χ4v) is 3.08. The van der Waals surface area contributed by atoms with Gasteiger partial charge in [0.25, 0.3) is 5.91 Å². The van der Waals surface area contributed by atoms with Crippen LogP contribution in [0.1, 0.15) is 34.3 Å². The molecule has 1 unspecified atom stereocenters. The zero-order chi connectivity index (χ0) is 16.6. The van der Waals surface area contributed by atoms with E-state index in [2.05, 4.69) is 5.32 Å². The molecule has 0 bridgehead atoms. The van der Waals surface area contributed by atoms with Crippen molar-refractivity contribution in [3.05, 3.63) is 34.9 Å². The molecule has 0 radical (unpaired) electrons. The van der Waals surface area contributed by atoms with Gasteiger partial charge in [-0.3, -0.25) is 29.9 Å². The Hall–Kier alpha value is -2.74. The molecule has 1 aromatic rings. The Balaban J connectivity index is 1.81. The smallest absolute Gasteiger partial charge is 0.411 e. The number of hydrogen-bond donors (Lipinski definition) is 3. The number of carboxylic acid groups (broad SMARTS) is 1. The summed E-state index contributed by atoms with van der Waals surface area (Å²) in [4.78, 5) is 47.7. The lowest BCUT2D eigenvalue weighted by Crippen LogP contribution is -2.50. The van der Waals surface area contributed by atoms with Gasteiger partial charge in [0.05, 0.1) is 6.04 Å². The molecule has 2 aliphatic heterocycles. The van der Waals surface area contributed by atoms with Crippen molar-refractivity contribution in [1.29, 1.82) is 0 Å². The predicted molar refractivity (Wildman–Crippen MR) is 77.4 cm³/mol. The number of nitrogens with zero attached hydrogens (tertiary/aromatic N) is 1. The highest BCUT2D eigenvalue weighted by Gasteiger charge is 2.35. The third-order valence-corrected chi connectivity index (χ3v) is 4.12. The van der Waals surface area contributed by atoms with Crippen LogP contribution in [0.5, 0.6) is 0 Å². The first-order valence-corrected chi connectivity index (χ1v) is 7.18. The molecule has 0 saturated carbocycles. The van der Waals surface area contributed by atoms with E-state index in [0.29, 0.717) is 25.1 Å². The van der Waals surface area contributed by atoms with E-state index in [-0.39, 0.29) is 18.2 Å². The number of piperidine rings is 1. The zero-order valence-electron chi connectivity index (χ0n) is 12.2. The van der Waals surface area contributed by atoms with E-state index in [4.69, 9.17) is 5.11 Å². The van der Waals surface area contributed by atoms with Crippen molar-refractivity contribution >= 4 is 23.8 Å². The van der Waals surface area contributed by atoms with E-state index in [1.165, 1.54) is 0 Å². The van der Waals surface area contributed by atoms with Crippen LogP contribution in [0.4, 0.5) is 4.79 Å². The first kappa shape index (κ1) is 15.2. The Labute approximate surface area is 131 Å². The second-order valence-corrected chi connectivity index (χ2v) is 5.57. The molecule has 2 heterocycles. The average Bonchev–Trinajstić information content (AvgIpc) is 2.89. The summed E-state index contributed by atoms with van der Waals surface area (Å²) in [6, 6.07) is 4.67.